The lowest BCUT2D eigenvalue weighted by Crippen LogP contribution is -2.08. The second-order valence-electron chi connectivity index (χ2n) is 4.29. The van der Waals surface area contributed by atoms with E-state index in [1.807, 2.05) is 0 Å². The second-order valence-corrected chi connectivity index (χ2v) is 4.70. The molecule has 21 heavy (non-hydrogen) atoms. The minimum absolute atomic E-state index is 0.0287. The number of benzene rings is 1. The molecule has 0 spiro atoms. The fourth-order valence-electron chi connectivity index (χ4n) is 1.84. The van der Waals surface area contributed by atoms with E-state index < -0.39 is 5.97 Å². The number of aromatic nitrogens is 1. The Morgan fingerprint density at radius 1 is 1.48 bits per heavy atom. The van der Waals surface area contributed by atoms with Crippen molar-refractivity contribution in [3.8, 4) is 5.88 Å². The van der Waals surface area contributed by atoms with E-state index in [0.717, 1.165) is 5.56 Å². The van der Waals surface area contributed by atoms with E-state index in [-0.39, 0.29) is 10.6 Å². The van der Waals surface area contributed by atoms with E-state index in [9.17, 15) is 9.90 Å². The Morgan fingerprint density at radius 2 is 2.24 bits per heavy atom. The van der Waals surface area contributed by atoms with Gasteiger partial charge in [0.05, 0.1) is 23.4 Å². The fraction of sp³-hybridized carbons (Fsp3) is 0.143. The number of pyridine rings is 1. The third-order valence-electron chi connectivity index (χ3n) is 2.82. The highest BCUT2D eigenvalue weighted by atomic mass is 35.5. The summed E-state index contributed by atoms with van der Waals surface area (Å²) in [5.74, 6) is -0.616. The Hall–Kier alpha value is -2.47. The largest absolute Gasteiger partial charge is 0.481 e. The number of carboxylic acid groups (broad SMARTS) is 1. The number of ether oxygens (including phenoxy) is 1. The Bertz CT molecular complexity index is 677. The standard InChI is InChI=1S/C14H14ClN3O3/c1-21-12-4-8(2-3-17-12)7-18-13-10(14(19)20)5-9(16)6-11(13)15/h2-6,18H,7,16H2,1H3,(H,19,20). The molecule has 1 aromatic carbocycles. The molecular weight excluding hydrogens is 294 g/mol. The molecule has 0 amide bonds. The molecule has 0 radical (unpaired) electrons. The van der Waals surface area contributed by atoms with Gasteiger partial charge in [0.2, 0.25) is 5.88 Å². The van der Waals surface area contributed by atoms with Gasteiger partial charge in [-0.25, -0.2) is 9.78 Å². The molecule has 0 saturated carbocycles. The van der Waals surface area contributed by atoms with Crippen molar-refractivity contribution in [2.24, 2.45) is 0 Å². The van der Waals surface area contributed by atoms with Gasteiger partial charge in [0.25, 0.3) is 0 Å². The third-order valence-corrected chi connectivity index (χ3v) is 3.12. The van der Waals surface area contributed by atoms with Crippen LogP contribution in [0.3, 0.4) is 0 Å². The molecule has 2 rings (SSSR count). The molecule has 0 atom stereocenters. The highest BCUT2D eigenvalue weighted by molar-refractivity contribution is 6.34. The average Bonchev–Trinajstić information content (AvgIpc) is 2.45. The van der Waals surface area contributed by atoms with Crippen molar-refractivity contribution in [3.05, 3.63) is 46.6 Å². The summed E-state index contributed by atoms with van der Waals surface area (Å²) in [5, 5.41) is 12.5. The molecule has 2 aromatic rings. The Kier molecular flexibility index (Phi) is 4.49. The molecule has 0 unspecified atom stereocenters. The van der Waals surface area contributed by atoms with Crippen LogP contribution in [-0.2, 0) is 6.54 Å². The number of hydrogen-bond acceptors (Lipinski definition) is 5. The number of aromatic carboxylic acids is 1. The maximum atomic E-state index is 11.3. The van der Waals surface area contributed by atoms with E-state index in [1.165, 1.54) is 19.2 Å². The van der Waals surface area contributed by atoms with Crippen LogP contribution in [0, 0.1) is 0 Å². The zero-order valence-electron chi connectivity index (χ0n) is 11.3. The van der Waals surface area contributed by atoms with Crippen molar-refractivity contribution >= 4 is 28.9 Å². The summed E-state index contributed by atoms with van der Waals surface area (Å²) in [4.78, 5) is 15.3. The molecule has 0 bridgehead atoms. The number of halogens is 1. The highest BCUT2D eigenvalue weighted by Crippen LogP contribution is 2.29. The van der Waals surface area contributed by atoms with Crippen LogP contribution in [0.1, 0.15) is 15.9 Å². The van der Waals surface area contributed by atoms with E-state index in [4.69, 9.17) is 22.1 Å². The molecular formula is C14H14ClN3O3. The monoisotopic (exact) mass is 307 g/mol. The number of nitrogens with zero attached hydrogens (tertiary/aromatic N) is 1. The molecule has 6 nitrogen and oxygen atoms in total. The van der Waals surface area contributed by atoms with Crippen LogP contribution < -0.4 is 15.8 Å². The number of rotatable bonds is 5. The molecule has 0 aliphatic heterocycles. The normalized spacial score (nSPS) is 10.2. The SMILES string of the molecule is COc1cc(CNc2c(Cl)cc(N)cc2C(=O)O)ccn1. The Morgan fingerprint density at radius 3 is 2.90 bits per heavy atom. The lowest BCUT2D eigenvalue weighted by atomic mass is 10.1. The average molecular weight is 308 g/mol. The first-order valence-electron chi connectivity index (χ1n) is 6.06. The van der Waals surface area contributed by atoms with Gasteiger partial charge in [-0.15, -0.1) is 0 Å². The van der Waals surface area contributed by atoms with E-state index in [2.05, 4.69) is 10.3 Å². The van der Waals surface area contributed by atoms with Gasteiger partial charge in [0.1, 0.15) is 0 Å². The maximum Gasteiger partial charge on any atom is 0.337 e. The van der Waals surface area contributed by atoms with Gasteiger partial charge >= 0.3 is 5.97 Å². The molecule has 0 aliphatic carbocycles. The summed E-state index contributed by atoms with van der Waals surface area (Å²) in [6.07, 6.45) is 1.61. The summed E-state index contributed by atoms with van der Waals surface area (Å²) in [5.41, 5.74) is 7.15. The minimum atomic E-state index is -1.10. The first kappa shape index (κ1) is 14.9. The molecule has 0 aliphatic rings. The van der Waals surface area contributed by atoms with Crippen LogP contribution in [0.25, 0.3) is 0 Å². The topological polar surface area (TPSA) is 97.5 Å². The van der Waals surface area contributed by atoms with Crippen LogP contribution in [-0.4, -0.2) is 23.2 Å². The molecule has 4 N–H and O–H groups in total. The Balaban J connectivity index is 2.25. The van der Waals surface area contributed by atoms with Gasteiger partial charge in [-0.2, -0.15) is 0 Å². The number of anilines is 2. The molecule has 7 heteroatoms. The molecule has 1 aromatic heterocycles. The van der Waals surface area contributed by atoms with E-state index >= 15 is 0 Å². The van der Waals surface area contributed by atoms with Gasteiger partial charge in [-0.05, 0) is 23.8 Å². The molecule has 1 heterocycles. The summed E-state index contributed by atoms with van der Waals surface area (Å²) >= 11 is 6.06. The molecule has 0 fully saturated rings. The second kappa shape index (κ2) is 6.32. The minimum Gasteiger partial charge on any atom is -0.481 e. The number of hydrogen-bond donors (Lipinski definition) is 3. The zero-order chi connectivity index (χ0) is 15.4. The van der Waals surface area contributed by atoms with Gasteiger partial charge < -0.3 is 20.9 Å². The predicted octanol–water partition coefficient (Wildman–Crippen LogP) is 2.64. The predicted molar refractivity (Wildman–Crippen MR) is 80.9 cm³/mol. The first-order valence-corrected chi connectivity index (χ1v) is 6.44. The van der Waals surface area contributed by atoms with Crippen molar-refractivity contribution in [3.63, 3.8) is 0 Å². The summed E-state index contributed by atoms with van der Waals surface area (Å²) in [6, 6.07) is 6.41. The van der Waals surface area contributed by atoms with E-state index in [0.29, 0.717) is 23.8 Å². The van der Waals surface area contributed by atoms with Gasteiger partial charge in [0, 0.05) is 24.5 Å². The van der Waals surface area contributed by atoms with Crippen LogP contribution in [0.5, 0.6) is 5.88 Å². The summed E-state index contributed by atoms with van der Waals surface area (Å²) in [6.45, 7) is 0.378. The fourth-order valence-corrected chi connectivity index (χ4v) is 2.13. The van der Waals surface area contributed by atoms with Crippen LogP contribution in [0.2, 0.25) is 5.02 Å². The lowest BCUT2D eigenvalue weighted by molar-refractivity contribution is 0.0698. The van der Waals surface area contributed by atoms with Crippen LogP contribution >= 0.6 is 11.6 Å². The highest BCUT2D eigenvalue weighted by Gasteiger charge is 2.14. The summed E-state index contributed by atoms with van der Waals surface area (Å²) in [7, 11) is 1.53. The molecule has 110 valence electrons. The van der Waals surface area contributed by atoms with Crippen molar-refractivity contribution in [2.75, 3.05) is 18.2 Å². The van der Waals surface area contributed by atoms with Crippen molar-refractivity contribution in [2.45, 2.75) is 6.54 Å². The quantitative estimate of drug-likeness (QED) is 0.735. The maximum absolute atomic E-state index is 11.3. The van der Waals surface area contributed by atoms with Crippen molar-refractivity contribution in [1.29, 1.82) is 0 Å². The number of nitrogens with two attached hydrogens (primary N) is 1. The van der Waals surface area contributed by atoms with Crippen molar-refractivity contribution < 1.29 is 14.6 Å². The van der Waals surface area contributed by atoms with Gasteiger partial charge in [-0.3, -0.25) is 0 Å². The number of carboxylic acids is 1. The number of methoxy groups -OCH3 is 1. The smallest absolute Gasteiger partial charge is 0.337 e. The Labute approximate surface area is 126 Å². The number of carbonyl (C=O) groups is 1. The van der Waals surface area contributed by atoms with Gasteiger partial charge in [0.15, 0.2) is 0 Å². The van der Waals surface area contributed by atoms with Crippen LogP contribution in [0.4, 0.5) is 11.4 Å². The van der Waals surface area contributed by atoms with Crippen molar-refractivity contribution in [1.82, 2.24) is 4.98 Å². The number of nitrogens with one attached hydrogen (secondary N) is 1. The zero-order valence-corrected chi connectivity index (χ0v) is 12.0. The first-order chi connectivity index (χ1) is 10.0. The summed E-state index contributed by atoms with van der Waals surface area (Å²) < 4.78 is 5.03. The lowest BCUT2D eigenvalue weighted by Gasteiger charge is -2.13. The number of nitrogen functional groups attached to an aromatic ring is 1. The molecule has 0 saturated heterocycles. The van der Waals surface area contributed by atoms with Gasteiger partial charge in [-0.1, -0.05) is 11.6 Å². The van der Waals surface area contributed by atoms with E-state index in [1.54, 1.807) is 18.3 Å². The third kappa shape index (κ3) is 3.55. The van der Waals surface area contributed by atoms with Crippen LogP contribution in [0.15, 0.2) is 30.5 Å².